The highest BCUT2D eigenvalue weighted by Gasteiger charge is 2.06. The summed E-state index contributed by atoms with van der Waals surface area (Å²) < 4.78 is 0. The largest absolute Gasteiger partial charge is 0.322 e. The first-order chi connectivity index (χ1) is 6.69. The molecule has 0 aliphatic carbocycles. The standard InChI is InChI=1S/C11H19N3/c1-4-5-10-11(14-12)7-6-9(13-10)8(2)3/h6-8,14H,4-5,12H2,1-3H3. The molecule has 3 heteroatoms. The lowest BCUT2D eigenvalue weighted by atomic mass is 10.1. The zero-order chi connectivity index (χ0) is 10.6. The first-order valence-electron chi connectivity index (χ1n) is 5.15. The third-order valence-corrected chi connectivity index (χ3v) is 2.23. The Balaban J connectivity index is 3.01. The van der Waals surface area contributed by atoms with E-state index in [-0.39, 0.29) is 0 Å². The molecule has 14 heavy (non-hydrogen) atoms. The molecule has 0 fully saturated rings. The first-order valence-corrected chi connectivity index (χ1v) is 5.15. The number of nitrogens with two attached hydrogens (primary N) is 1. The SMILES string of the molecule is CCCc1nc(C(C)C)ccc1NN. The Morgan fingerprint density at radius 2 is 2.14 bits per heavy atom. The van der Waals surface area contributed by atoms with Crippen LogP contribution in [0, 0.1) is 0 Å². The molecule has 0 unspecified atom stereocenters. The molecule has 0 bridgehead atoms. The predicted molar refractivity (Wildman–Crippen MR) is 60.1 cm³/mol. The number of hydrogen-bond acceptors (Lipinski definition) is 3. The van der Waals surface area contributed by atoms with Crippen LogP contribution in [0.2, 0.25) is 0 Å². The summed E-state index contributed by atoms with van der Waals surface area (Å²) >= 11 is 0. The Hall–Kier alpha value is -1.09. The van der Waals surface area contributed by atoms with Crippen molar-refractivity contribution in [3.8, 4) is 0 Å². The molecular formula is C11H19N3. The second kappa shape index (κ2) is 4.96. The van der Waals surface area contributed by atoms with E-state index in [0.717, 1.165) is 29.9 Å². The van der Waals surface area contributed by atoms with E-state index in [9.17, 15) is 0 Å². The number of aromatic nitrogens is 1. The van der Waals surface area contributed by atoms with Gasteiger partial charge in [-0.05, 0) is 24.5 Å². The number of hydrazine groups is 1. The Labute approximate surface area is 85.7 Å². The third-order valence-electron chi connectivity index (χ3n) is 2.23. The van der Waals surface area contributed by atoms with Gasteiger partial charge in [-0.15, -0.1) is 0 Å². The summed E-state index contributed by atoms with van der Waals surface area (Å²) in [5.74, 6) is 5.89. The summed E-state index contributed by atoms with van der Waals surface area (Å²) in [6, 6.07) is 4.03. The van der Waals surface area contributed by atoms with Gasteiger partial charge in [0.1, 0.15) is 0 Å². The highest BCUT2D eigenvalue weighted by atomic mass is 15.2. The quantitative estimate of drug-likeness (QED) is 0.570. The molecule has 0 spiro atoms. The van der Waals surface area contributed by atoms with Gasteiger partial charge in [-0.1, -0.05) is 27.2 Å². The molecule has 0 saturated heterocycles. The van der Waals surface area contributed by atoms with E-state index < -0.39 is 0 Å². The summed E-state index contributed by atoms with van der Waals surface area (Å²) in [6.07, 6.45) is 2.06. The van der Waals surface area contributed by atoms with Gasteiger partial charge in [-0.3, -0.25) is 10.8 Å². The minimum Gasteiger partial charge on any atom is -0.322 e. The van der Waals surface area contributed by atoms with E-state index in [2.05, 4.69) is 31.2 Å². The van der Waals surface area contributed by atoms with E-state index >= 15 is 0 Å². The summed E-state index contributed by atoms with van der Waals surface area (Å²) in [6.45, 7) is 6.44. The minimum atomic E-state index is 0.470. The van der Waals surface area contributed by atoms with Gasteiger partial charge in [0.05, 0.1) is 11.4 Å². The van der Waals surface area contributed by atoms with E-state index in [4.69, 9.17) is 5.84 Å². The molecule has 0 aliphatic heterocycles. The Morgan fingerprint density at radius 1 is 1.43 bits per heavy atom. The van der Waals surface area contributed by atoms with Gasteiger partial charge in [0.2, 0.25) is 0 Å². The predicted octanol–water partition coefficient (Wildman–Crippen LogP) is 2.44. The molecular weight excluding hydrogens is 174 g/mol. The number of pyridine rings is 1. The van der Waals surface area contributed by atoms with Gasteiger partial charge in [0, 0.05) is 5.69 Å². The lowest BCUT2D eigenvalue weighted by molar-refractivity contribution is 0.791. The van der Waals surface area contributed by atoms with Crippen molar-refractivity contribution in [3.63, 3.8) is 0 Å². The number of hydrogen-bond donors (Lipinski definition) is 2. The number of nitrogens with one attached hydrogen (secondary N) is 1. The molecule has 1 aromatic rings. The molecule has 1 heterocycles. The van der Waals surface area contributed by atoms with E-state index in [0.29, 0.717) is 5.92 Å². The maximum absolute atomic E-state index is 5.42. The maximum atomic E-state index is 5.42. The molecule has 1 aromatic heterocycles. The molecule has 1 rings (SSSR count). The lowest BCUT2D eigenvalue weighted by Crippen LogP contribution is -2.11. The molecule has 0 atom stereocenters. The number of nitrogens with zero attached hydrogens (tertiary/aromatic N) is 1. The molecule has 0 radical (unpaired) electrons. The number of nitrogen functional groups attached to an aromatic ring is 1. The fraction of sp³-hybridized carbons (Fsp3) is 0.545. The second-order valence-electron chi connectivity index (χ2n) is 3.78. The van der Waals surface area contributed by atoms with Crippen molar-refractivity contribution in [1.82, 2.24) is 4.98 Å². The topological polar surface area (TPSA) is 50.9 Å². The zero-order valence-electron chi connectivity index (χ0n) is 9.17. The van der Waals surface area contributed by atoms with Gasteiger partial charge in [0.25, 0.3) is 0 Å². The van der Waals surface area contributed by atoms with Crippen LogP contribution < -0.4 is 11.3 Å². The van der Waals surface area contributed by atoms with Crippen LogP contribution in [0.5, 0.6) is 0 Å². The lowest BCUT2D eigenvalue weighted by Gasteiger charge is -2.11. The van der Waals surface area contributed by atoms with Crippen LogP contribution in [0.3, 0.4) is 0 Å². The molecule has 3 N–H and O–H groups in total. The van der Waals surface area contributed by atoms with Gasteiger partial charge < -0.3 is 5.43 Å². The van der Waals surface area contributed by atoms with Crippen molar-refractivity contribution in [2.24, 2.45) is 5.84 Å². The van der Waals surface area contributed by atoms with E-state index in [1.807, 2.05) is 12.1 Å². The average Bonchev–Trinajstić information content (AvgIpc) is 2.18. The van der Waals surface area contributed by atoms with Crippen molar-refractivity contribution in [2.45, 2.75) is 39.5 Å². The molecule has 0 aromatic carbocycles. The summed E-state index contributed by atoms with van der Waals surface area (Å²) in [5, 5.41) is 0. The normalized spacial score (nSPS) is 10.6. The highest BCUT2D eigenvalue weighted by molar-refractivity contribution is 5.47. The molecule has 0 amide bonds. The Morgan fingerprint density at radius 3 is 2.64 bits per heavy atom. The van der Waals surface area contributed by atoms with Gasteiger partial charge in [0.15, 0.2) is 0 Å². The Kier molecular flexibility index (Phi) is 3.89. The van der Waals surface area contributed by atoms with Crippen LogP contribution in [0.15, 0.2) is 12.1 Å². The maximum Gasteiger partial charge on any atom is 0.0701 e. The number of aryl methyl sites for hydroxylation is 1. The van der Waals surface area contributed by atoms with Crippen LogP contribution in [0.25, 0.3) is 0 Å². The van der Waals surface area contributed by atoms with E-state index in [1.54, 1.807) is 0 Å². The summed E-state index contributed by atoms with van der Waals surface area (Å²) in [4.78, 5) is 4.59. The fourth-order valence-electron chi connectivity index (χ4n) is 1.40. The van der Waals surface area contributed by atoms with Crippen molar-refractivity contribution < 1.29 is 0 Å². The summed E-state index contributed by atoms with van der Waals surface area (Å²) in [5.41, 5.74) is 5.83. The Bertz CT molecular complexity index is 295. The summed E-state index contributed by atoms with van der Waals surface area (Å²) in [7, 11) is 0. The zero-order valence-corrected chi connectivity index (χ0v) is 9.17. The van der Waals surface area contributed by atoms with Gasteiger partial charge in [-0.25, -0.2) is 0 Å². The average molecular weight is 193 g/mol. The molecule has 0 saturated carbocycles. The van der Waals surface area contributed by atoms with Crippen LogP contribution in [-0.2, 0) is 6.42 Å². The highest BCUT2D eigenvalue weighted by Crippen LogP contribution is 2.19. The van der Waals surface area contributed by atoms with Crippen molar-refractivity contribution in [1.29, 1.82) is 0 Å². The van der Waals surface area contributed by atoms with Gasteiger partial charge >= 0.3 is 0 Å². The third kappa shape index (κ3) is 2.45. The van der Waals surface area contributed by atoms with Crippen LogP contribution in [0.1, 0.15) is 44.5 Å². The van der Waals surface area contributed by atoms with Gasteiger partial charge in [-0.2, -0.15) is 0 Å². The molecule has 78 valence electrons. The second-order valence-corrected chi connectivity index (χ2v) is 3.78. The van der Waals surface area contributed by atoms with E-state index in [1.165, 1.54) is 0 Å². The first kappa shape index (κ1) is 11.0. The minimum absolute atomic E-state index is 0.470. The van der Waals surface area contributed by atoms with Crippen molar-refractivity contribution >= 4 is 5.69 Å². The number of anilines is 1. The van der Waals surface area contributed by atoms with Crippen molar-refractivity contribution in [3.05, 3.63) is 23.5 Å². The van der Waals surface area contributed by atoms with Crippen LogP contribution >= 0.6 is 0 Å². The fourth-order valence-corrected chi connectivity index (χ4v) is 1.40. The monoisotopic (exact) mass is 193 g/mol. The number of rotatable bonds is 4. The smallest absolute Gasteiger partial charge is 0.0701 e. The van der Waals surface area contributed by atoms with Crippen LogP contribution in [0.4, 0.5) is 5.69 Å². The van der Waals surface area contributed by atoms with Crippen LogP contribution in [-0.4, -0.2) is 4.98 Å². The molecule has 0 aliphatic rings. The molecule has 3 nitrogen and oxygen atoms in total. The van der Waals surface area contributed by atoms with Crippen molar-refractivity contribution in [2.75, 3.05) is 5.43 Å².